The molecule has 0 spiro atoms. The summed E-state index contributed by atoms with van der Waals surface area (Å²) in [5.41, 5.74) is 0. The third-order valence-corrected chi connectivity index (χ3v) is 3.24. The van der Waals surface area contributed by atoms with Gasteiger partial charge in [0.1, 0.15) is 6.04 Å². The van der Waals surface area contributed by atoms with Crippen molar-refractivity contribution >= 4 is 5.97 Å². The van der Waals surface area contributed by atoms with E-state index in [0.29, 0.717) is 0 Å². The van der Waals surface area contributed by atoms with Gasteiger partial charge in [-0.3, -0.25) is 9.69 Å². The molecule has 0 bridgehead atoms. The molecule has 1 rings (SSSR count). The normalized spacial score (nSPS) is 20.5. The minimum Gasteiger partial charge on any atom is -0.480 e. The lowest BCUT2D eigenvalue weighted by Gasteiger charge is -2.29. The summed E-state index contributed by atoms with van der Waals surface area (Å²) in [5.74, 6) is -0.740. The summed E-state index contributed by atoms with van der Waals surface area (Å²) < 4.78 is 0. The highest BCUT2D eigenvalue weighted by Gasteiger charge is 2.17. The average molecular weight is 214 g/mol. The quantitative estimate of drug-likeness (QED) is 0.738. The van der Waals surface area contributed by atoms with Crippen molar-refractivity contribution in [3.8, 4) is 0 Å². The van der Waals surface area contributed by atoms with Gasteiger partial charge in [0.05, 0.1) is 0 Å². The molecule has 4 heteroatoms. The fourth-order valence-electron chi connectivity index (χ4n) is 1.86. The number of hydrogen-bond acceptors (Lipinski definition) is 3. The number of hydrogen-bond donors (Lipinski definition) is 1. The molecule has 0 amide bonds. The molecule has 1 saturated heterocycles. The van der Waals surface area contributed by atoms with Crippen LogP contribution >= 0.6 is 0 Å². The van der Waals surface area contributed by atoms with E-state index in [9.17, 15) is 4.79 Å². The summed E-state index contributed by atoms with van der Waals surface area (Å²) >= 11 is 0. The van der Waals surface area contributed by atoms with Gasteiger partial charge in [0.15, 0.2) is 0 Å². The molecule has 1 aliphatic rings. The van der Waals surface area contributed by atoms with Crippen molar-refractivity contribution in [1.82, 2.24) is 9.80 Å². The maximum atomic E-state index is 10.7. The van der Waals surface area contributed by atoms with Crippen LogP contribution in [-0.2, 0) is 4.79 Å². The van der Waals surface area contributed by atoms with Crippen LogP contribution in [-0.4, -0.2) is 60.1 Å². The number of likely N-dealkylation sites (tertiary alicyclic amines) is 1. The molecular formula is C11H22N2O2. The van der Waals surface area contributed by atoms with Crippen molar-refractivity contribution < 1.29 is 9.90 Å². The number of likely N-dealkylation sites (N-methyl/N-ethyl adjacent to an activating group) is 1. The lowest BCUT2D eigenvalue weighted by molar-refractivity contribution is -0.142. The molecule has 1 N–H and O–H groups in total. The third-order valence-electron chi connectivity index (χ3n) is 3.24. The molecule has 0 aromatic carbocycles. The van der Waals surface area contributed by atoms with Gasteiger partial charge in [0, 0.05) is 13.1 Å². The molecule has 15 heavy (non-hydrogen) atoms. The standard InChI is InChI=1S/C11H22N2O2/c1-10(11(14)15)12(2)8-9-13-6-4-3-5-7-13/h10H,3-9H2,1-2H3,(H,14,15). The first-order valence-electron chi connectivity index (χ1n) is 5.76. The van der Waals surface area contributed by atoms with Crippen LogP contribution < -0.4 is 0 Å². The number of nitrogens with zero attached hydrogens (tertiary/aromatic N) is 2. The second-order valence-electron chi connectivity index (χ2n) is 4.40. The molecule has 1 heterocycles. The SMILES string of the molecule is CC(C(=O)O)N(C)CCN1CCCCC1. The molecule has 0 radical (unpaired) electrons. The number of carboxylic acid groups (broad SMARTS) is 1. The Balaban J connectivity index is 2.20. The van der Waals surface area contributed by atoms with E-state index >= 15 is 0 Å². The second kappa shape index (κ2) is 6.08. The molecule has 1 aliphatic heterocycles. The Hall–Kier alpha value is -0.610. The predicted octanol–water partition coefficient (Wildman–Crippen LogP) is 0.877. The molecule has 0 aromatic heterocycles. The lowest BCUT2D eigenvalue weighted by Crippen LogP contribution is -2.42. The fourth-order valence-corrected chi connectivity index (χ4v) is 1.86. The van der Waals surface area contributed by atoms with E-state index in [1.165, 1.54) is 32.4 Å². The molecule has 1 atom stereocenters. The van der Waals surface area contributed by atoms with Crippen molar-refractivity contribution in [3.63, 3.8) is 0 Å². The van der Waals surface area contributed by atoms with Gasteiger partial charge in [-0.1, -0.05) is 6.42 Å². The van der Waals surface area contributed by atoms with E-state index in [-0.39, 0.29) is 6.04 Å². The van der Waals surface area contributed by atoms with E-state index < -0.39 is 5.97 Å². The minimum atomic E-state index is -0.740. The zero-order chi connectivity index (χ0) is 11.3. The van der Waals surface area contributed by atoms with Crippen molar-refractivity contribution in [3.05, 3.63) is 0 Å². The summed E-state index contributed by atoms with van der Waals surface area (Å²) in [6.07, 6.45) is 3.92. The molecule has 1 unspecified atom stereocenters. The first-order valence-corrected chi connectivity index (χ1v) is 5.76. The molecular weight excluding hydrogens is 192 g/mol. The zero-order valence-electron chi connectivity index (χ0n) is 9.78. The van der Waals surface area contributed by atoms with Gasteiger partial charge in [-0.05, 0) is 39.9 Å². The Bertz CT molecular complexity index is 203. The van der Waals surface area contributed by atoms with E-state index in [1.807, 2.05) is 11.9 Å². The van der Waals surface area contributed by atoms with E-state index in [1.54, 1.807) is 6.92 Å². The number of rotatable bonds is 5. The number of carbonyl (C=O) groups is 1. The third kappa shape index (κ3) is 4.18. The number of piperidine rings is 1. The summed E-state index contributed by atoms with van der Waals surface area (Å²) in [7, 11) is 1.88. The van der Waals surface area contributed by atoms with Crippen LogP contribution in [0.5, 0.6) is 0 Å². The van der Waals surface area contributed by atoms with Crippen LogP contribution in [0.1, 0.15) is 26.2 Å². The zero-order valence-corrected chi connectivity index (χ0v) is 9.78. The summed E-state index contributed by atoms with van der Waals surface area (Å²) in [6.45, 7) is 5.92. The predicted molar refractivity (Wildman–Crippen MR) is 60.0 cm³/mol. The highest BCUT2D eigenvalue weighted by molar-refractivity contribution is 5.72. The maximum absolute atomic E-state index is 10.7. The van der Waals surface area contributed by atoms with Crippen LogP contribution in [0.25, 0.3) is 0 Å². The van der Waals surface area contributed by atoms with Crippen LogP contribution in [0.2, 0.25) is 0 Å². The van der Waals surface area contributed by atoms with Crippen LogP contribution in [0.15, 0.2) is 0 Å². The Morgan fingerprint density at radius 2 is 2.00 bits per heavy atom. The Morgan fingerprint density at radius 1 is 1.40 bits per heavy atom. The number of aliphatic carboxylic acids is 1. The molecule has 88 valence electrons. The highest BCUT2D eigenvalue weighted by Crippen LogP contribution is 2.08. The molecule has 0 aromatic rings. The van der Waals surface area contributed by atoms with Crippen molar-refractivity contribution in [2.75, 3.05) is 33.2 Å². The average Bonchev–Trinajstić information content (AvgIpc) is 2.26. The van der Waals surface area contributed by atoms with E-state index in [4.69, 9.17) is 5.11 Å². The van der Waals surface area contributed by atoms with E-state index in [0.717, 1.165) is 13.1 Å². The van der Waals surface area contributed by atoms with Gasteiger partial charge in [0.25, 0.3) is 0 Å². The fraction of sp³-hybridized carbons (Fsp3) is 0.909. The summed E-state index contributed by atoms with van der Waals surface area (Å²) in [4.78, 5) is 15.1. The van der Waals surface area contributed by atoms with Crippen molar-refractivity contribution in [1.29, 1.82) is 0 Å². The Kier molecular flexibility index (Phi) is 5.05. The molecule has 0 saturated carbocycles. The highest BCUT2D eigenvalue weighted by atomic mass is 16.4. The van der Waals surface area contributed by atoms with Crippen LogP contribution in [0.3, 0.4) is 0 Å². The van der Waals surface area contributed by atoms with Gasteiger partial charge in [-0.2, -0.15) is 0 Å². The minimum absolute atomic E-state index is 0.380. The largest absolute Gasteiger partial charge is 0.480 e. The Labute approximate surface area is 91.9 Å². The topological polar surface area (TPSA) is 43.8 Å². The van der Waals surface area contributed by atoms with E-state index in [2.05, 4.69) is 4.90 Å². The number of carboxylic acids is 1. The lowest BCUT2D eigenvalue weighted by atomic mass is 10.1. The smallest absolute Gasteiger partial charge is 0.320 e. The van der Waals surface area contributed by atoms with Crippen LogP contribution in [0.4, 0.5) is 0 Å². The molecule has 1 fully saturated rings. The first kappa shape index (κ1) is 12.5. The summed E-state index contributed by atoms with van der Waals surface area (Å²) in [5, 5.41) is 8.83. The molecule has 4 nitrogen and oxygen atoms in total. The monoisotopic (exact) mass is 214 g/mol. The summed E-state index contributed by atoms with van der Waals surface area (Å²) in [6, 6.07) is -0.380. The Morgan fingerprint density at radius 3 is 2.53 bits per heavy atom. The van der Waals surface area contributed by atoms with Gasteiger partial charge >= 0.3 is 5.97 Å². The molecule has 0 aliphatic carbocycles. The van der Waals surface area contributed by atoms with Gasteiger partial charge in [-0.25, -0.2) is 0 Å². The van der Waals surface area contributed by atoms with Crippen LogP contribution in [0, 0.1) is 0 Å². The van der Waals surface area contributed by atoms with Gasteiger partial charge in [0.2, 0.25) is 0 Å². The van der Waals surface area contributed by atoms with Gasteiger partial charge in [-0.15, -0.1) is 0 Å². The first-order chi connectivity index (χ1) is 7.11. The maximum Gasteiger partial charge on any atom is 0.320 e. The van der Waals surface area contributed by atoms with Crippen molar-refractivity contribution in [2.24, 2.45) is 0 Å². The van der Waals surface area contributed by atoms with Gasteiger partial charge < -0.3 is 10.0 Å². The second-order valence-corrected chi connectivity index (χ2v) is 4.40. The van der Waals surface area contributed by atoms with Crippen molar-refractivity contribution in [2.45, 2.75) is 32.2 Å².